The van der Waals surface area contributed by atoms with Gasteiger partial charge in [0.15, 0.2) is 0 Å². The lowest BCUT2D eigenvalue weighted by Crippen LogP contribution is -2.48. The Balaban J connectivity index is 1.40. The number of amides is 2. The van der Waals surface area contributed by atoms with E-state index in [1.54, 1.807) is 4.90 Å². The van der Waals surface area contributed by atoms with Gasteiger partial charge in [0.1, 0.15) is 11.6 Å². The van der Waals surface area contributed by atoms with E-state index >= 15 is 0 Å². The first kappa shape index (κ1) is 20.9. The Bertz CT molecular complexity index is 880. The zero-order valence-corrected chi connectivity index (χ0v) is 16.5. The minimum absolute atomic E-state index is 0.0413. The predicted octanol–water partition coefficient (Wildman–Crippen LogP) is 2.74. The van der Waals surface area contributed by atoms with Crippen LogP contribution in [0.2, 0.25) is 0 Å². The summed E-state index contributed by atoms with van der Waals surface area (Å²) >= 11 is 0. The molecular weight excluding hydrogens is 376 g/mol. The summed E-state index contributed by atoms with van der Waals surface area (Å²) in [5.74, 6) is -2.35. The van der Waals surface area contributed by atoms with Crippen molar-refractivity contribution in [1.29, 1.82) is 0 Å². The number of nitrogens with one attached hydrogen (secondary N) is 1. The maximum absolute atomic E-state index is 13.6. The van der Waals surface area contributed by atoms with Crippen LogP contribution in [0, 0.1) is 18.6 Å². The molecule has 0 spiro atoms. The van der Waals surface area contributed by atoms with Crippen molar-refractivity contribution in [3.05, 3.63) is 70.8 Å². The second-order valence-corrected chi connectivity index (χ2v) is 7.21. The summed E-state index contributed by atoms with van der Waals surface area (Å²) in [5, 5.41) is 2.52. The topological polar surface area (TPSA) is 52.6 Å². The molecule has 0 radical (unpaired) electrons. The molecule has 0 unspecified atom stereocenters. The fraction of sp³-hybridized carbons (Fsp3) is 0.364. The summed E-state index contributed by atoms with van der Waals surface area (Å²) in [7, 11) is 0. The van der Waals surface area contributed by atoms with Crippen LogP contribution in [-0.2, 0) is 11.3 Å². The van der Waals surface area contributed by atoms with E-state index in [1.165, 1.54) is 11.1 Å². The van der Waals surface area contributed by atoms with Crippen molar-refractivity contribution in [2.45, 2.75) is 19.9 Å². The zero-order chi connectivity index (χ0) is 20.8. The molecule has 1 saturated heterocycles. The minimum atomic E-state index is -0.918. The van der Waals surface area contributed by atoms with Gasteiger partial charge in [-0.25, -0.2) is 8.78 Å². The molecule has 0 aliphatic carbocycles. The summed E-state index contributed by atoms with van der Waals surface area (Å²) in [6.07, 6.45) is 0.145. The average molecular weight is 401 g/mol. The third-order valence-corrected chi connectivity index (χ3v) is 5.18. The number of hydrogen-bond acceptors (Lipinski definition) is 3. The smallest absolute Gasteiger partial charge is 0.254 e. The number of rotatable bonds is 6. The van der Waals surface area contributed by atoms with E-state index in [1.807, 2.05) is 12.1 Å². The molecule has 1 fully saturated rings. The maximum Gasteiger partial charge on any atom is 0.254 e. The molecule has 2 amide bonds. The maximum atomic E-state index is 13.6. The molecule has 29 heavy (non-hydrogen) atoms. The number of piperazine rings is 1. The van der Waals surface area contributed by atoms with Gasteiger partial charge in [-0.2, -0.15) is 0 Å². The van der Waals surface area contributed by atoms with Crippen LogP contribution in [-0.4, -0.2) is 54.3 Å². The zero-order valence-electron chi connectivity index (χ0n) is 16.5. The molecular formula is C22H25F2N3O2. The van der Waals surface area contributed by atoms with Crippen molar-refractivity contribution in [3.63, 3.8) is 0 Å². The SMILES string of the molecule is Cc1ccccc1CN1CCN(C(=O)CCNC(=O)c2ccc(F)cc2F)CC1. The molecule has 2 aromatic rings. The van der Waals surface area contributed by atoms with E-state index < -0.39 is 17.5 Å². The summed E-state index contributed by atoms with van der Waals surface area (Å²) in [6.45, 7) is 5.96. The molecule has 1 aliphatic heterocycles. The molecule has 0 atom stereocenters. The monoisotopic (exact) mass is 401 g/mol. The van der Waals surface area contributed by atoms with Gasteiger partial charge in [0, 0.05) is 51.8 Å². The highest BCUT2D eigenvalue weighted by atomic mass is 19.1. The van der Waals surface area contributed by atoms with Crippen LogP contribution in [0.4, 0.5) is 8.78 Å². The van der Waals surface area contributed by atoms with E-state index in [-0.39, 0.29) is 24.4 Å². The lowest BCUT2D eigenvalue weighted by molar-refractivity contribution is -0.132. The Morgan fingerprint density at radius 1 is 1.03 bits per heavy atom. The number of hydrogen-bond donors (Lipinski definition) is 1. The summed E-state index contributed by atoms with van der Waals surface area (Å²) < 4.78 is 26.5. The fourth-order valence-electron chi connectivity index (χ4n) is 3.39. The van der Waals surface area contributed by atoms with Gasteiger partial charge in [0.2, 0.25) is 5.91 Å². The van der Waals surface area contributed by atoms with Crippen LogP contribution in [0.1, 0.15) is 27.9 Å². The predicted molar refractivity (Wildman–Crippen MR) is 106 cm³/mol. The number of aryl methyl sites for hydroxylation is 1. The number of benzene rings is 2. The van der Waals surface area contributed by atoms with Gasteiger partial charge in [-0.1, -0.05) is 24.3 Å². The molecule has 0 bridgehead atoms. The number of nitrogens with zero attached hydrogens (tertiary/aromatic N) is 2. The van der Waals surface area contributed by atoms with E-state index in [9.17, 15) is 18.4 Å². The standard InChI is InChI=1S/C22H25F2N3O2/c1-16-4-2-3-5-17(16)15-26-10-12-27(13-11-26)21(28)8-9-25-22(29)19-7-6-18(23)14-20(19)24/h2-7,14H,8-13,15H2,1H3,(H,25,29). The third kappa shape index (κ3) is 5.60. The molecule has 3 rings (SSSR count). The van der Waals surface area contributed by atoms with Crippen molar-refractivity contribution < 1.29 is 18.4 Å². The molecule has 1 aliphatic rings. The van der Waals surface area contributed by atoms with Crippen LogP contribution in [0.15, 0.2) is 42.5 Å². The molecule has 5 nitrogen and oxygen atoms in total. The van der Waals surface area contributed by atoms with Crippen molar-refractivity contribution >= 4 is 11.8 Å². The second-order valence-electron chi connectivity index (χ2n) is 7.21. The number of halogens is 2. The molecule has 0 saturated carbocycles. The first-order valence-corrected chi connectivity index (χ1v) is 9.72. The Morgan fingerprint density at radius 3 is 2.45 bits per heavy atom. The summed E-state index contributed by atoms with van der Waals surface area (Å²) in [5.41, 5.74) is 2.33. The van der Waals surface area contributed by atoms with Gasteiger partial charge in [0.05, 0.1) is 5.56 Å². The van der Waals surface area contributed by atoms with Gasteiger partial charge in [-0.05, 0) is 30.2 Å². The van der Waals surface area contributed by atoms with E-state index in [2.05, 4.69) is 29.3 Å². The largest absolute Gasteiger partial charge is 0.351 e. The lowest BCUT2D eigenvalue weighted by atomic mass is 10.1. The average Bonchev–Trinajstić information content (AvgIpc) is 2.70. The molecule has 0 aromatic heterocycles. The van der Waals surface area contributed by atoms with E-state index in [4.69, 9.17) is 0 Å². The summed E-state index contributed by atoms with van der Waals surface area (Å²) in [4.78, 5) is 28.5. The molecule has 1 N–H and O–H groups in total. The first-order chi connectivity index (χ1) is 13.9. The van der Waals surface area contributed by atoms with Crippen molar-refractivity contribution in [2.24, 2.45) is 0 Å². The Morgan fingerprint density at radius 2 is 1.76 bits per heavy atom. The highest BCUT2D eigenvalue weighted by Crippen LogP contribution is 2.13. The quantitative estimate of drug-likeness (QED) is 0.810. The van der Waals surface area contributed by atoms with Gasteiger partial charge < -0.3 is 10.2 Å². The van der Waals surface area contributed by atoms with Crippen molar-refractivity contribution in [2.75, 3.05) is 32.7 Å². The number of carbonyl (C=O) groups is 2. The highest BCUT2D eigenvalue weighted by Gasteiger charge is 2.21. The molecule has 1 heterocycles. The van der Waals surface area contributed by atoms with Crippen LogP contribution < -0.4 is 5.32 Å². The van der Waals surface area contributed by atoms with Gasteiger partial charge in [-0.15, -0.1) is 0 Å². The van der Waals surface area contributed by atoms with Crippen LogP contribution in [0.3, 0.4) is 0 Å². The molecule has 7 heteroatoms. The van der Waals surface area contributed by atoms with Gasteiger partial charge >= 0.3 is 0 Å². The lowest BCUT2D eigenvalue weighted by Gasteiger charge is -2.35. The van der Waals surface area contributed by atoms with Crippen LogP contribution >= 0.6 is 0 Å². The van der Waals surface area contributed by atoms with E-state index in [0.717, 1.165) is 31.8 Å². The third-order valence-electron chi connectivity index (χ3n) is 5.18. The van der Waals surface area contributed by atoms with Crippen molar-refractivity contribution in [3.8, 4) is 0 Å². The minimum Gasteiger partial charge on any atom is -0.351 e. The van der Waals surface area contributed by atoms with E-state index in [0.29, 0.717) is 19.2 Å². The van der Waals surface area contributed by atoms with Crippen LogP contribution in [0.25, 0.3) is 0 Å². The molecule has 154 valence electrons. The summed E-state index contributed by atoms with van der Waals surface area (Å²) in [6, 6.07) is 11.1. The second kappa shape index (κ2) is 9.60. The van der Waals surface area contributed by atoms with Crippen molar-refractivity contribution in [1.82, 2.24) is 15.1 Å². The van der Waals surface area contributed by atoms with Crippen LogP contribution in [0.5, 0.6) is 0 Å². The first-order valence-electron chi connectivity index (χ1n) is 9.72. The Labute approximate surface area is 169 Å². The highest BCUT2D eigenvalue weighted by molar-refractivity contribution is 5.94. The fourth-order valence-corrected chi connectivity index (χ4v) is 3.39. The molecule has 2 aromatic carbocycles. The normalized spacial score (nSPS) is 14.7. The number of carbonyl (C=O) groups excluding carboxylic acids is 2. The Kier molecular flexibility index (Phi) is 6.93. The van der Waals surface area contributed by atoms with Gasteiger partial charge in [0.25, 0.3) is 5.91 Å². The van der Waals surface area contributed by atoms with Gasteiger partial charge in [-0.3, -0.25) is 14.5 Å². The Hall–Kier alpha value is -2.80.